The van der Waals surface area contributed by atoms with Gasteiger partial charge in [-0.3, -0.25) is 4.79 Å². The van der Waals surface area contributed by atoms with Gasteiger partial charge in [0.15, 0.2) is 9.84 Å². The van der Waals surface area contributed by atoms with E-state index in [0.29, 0.717) is 28.6 Å². The molecule has 1 atom stereocenters. The van der Waals surface area contributed by atoms with Gasteiger partial charge in [-0.1, -0.05) is 35.3 Å². The first-order valence-corrected chi connectivity index (χ1v) is 11.5. The second-order valence-corrected chi connectivity index (χ2v) is 10.2. The van der Waals surface area contributed by atoms with Crippen LogP contribution in [0.5, 0.6) is 0 Å². The van der Waals surface area contributed by atoms with Crippen molar-refractivity contribution in [3.63, 3.8) is 0 Å². The van der Waals surface area contributed by atoms with Gasteiger partial charge in [-0.05, 0) is 41.6 Å². The fourth-order valence-corrected chi connectivity index (χ4v) is 5.78. The molecule has 8 heteroatoms. The Balaban J connectivity index is 1.81. The van der Waals surface area contributed by atoms with Crippen LogP contribution in [0.3, 0.4) is 0 Å². The predicted octanol–water partition coefficient (Wildman–Crippen LogP) is 4.28. The summed E-state index contributed by atoms with van der Waals surface area (Å²) in [5, 5.41) is 2.91. The Hall–Kier alpha value is -1.34. The molecule has 0 N–H and O–H groups in total. The Labute approximate surface area is 167 Å². The van der Waals surface area contributed by atoms with Gasteiger partial charge in [0, 0.05) is 27.0 Å². The molecule has 1 aliphatic heterocycles. The number of hydrogen-bond acceptors (Lipinski definition) is 4. The average Bonchev–Trinajstić information content (AvgIpc) is 3.20. The molecule has 138 valence electrons. The Morgan fingerprint density at radius 1 is 1.31 bits per heavy atom. The van der Waals surface area contributed by atoms with Gasteiger partial charge >= 0.3 is 0 Å². The van der Waals surface area contributed by atoms with Crippen molar-refractivity contribution in [1.82, 2.24) is 4.90 Å². The first kappa shape index (κ1) is 19.4. The minimum Gasteiger partial charge on any atom is -0.330 e. The first-order chi connectivity index (χ1) is 12.3. The lowest BCUT2D eigenvalue weighted by Gasteiger charge is -2.26. The molecule has 1 aromatic carbocycles. The fraction of sp³-hybridized carbons (Fsp3) is 0.278. The highest BCUT2D eigenvalue weighted by atomic mass is 35.5. The molecule has 4 nitrogen and oxygen atoms in total. The Morgan fingerprint density at radius 3 is 2.73 bits per heavy atom. The van der Waals surface area contributed by atoms with Crippen LogP contribution in [0.1, 0.15) is 16.9 Å². The molecule has 0 aliphatic carbocycles. The molecule has 1 unspecified atom stereocenters. The van der Waals surface area contributed by atoms with Crippen LogP contribution in [0.4, 0.5) is 0 Å². The molecule has 0 spiro atoms. The van der Waals surface area contributed by atoms with Crippen molar-refractivity contribution in [3.8, 4) is 0 Å². The topological polar surface area (TPSA) is 54.5 Å². The third-order valence-corrected chi connectivity index (χ3v) is 7.38. The summed E-state index contributed by atoms with van der Waals surface area (Å²) < 4.78 is 23.7. The van der Waals surface area contributed by atoms with Crippen LogP contribution in [0.2, 0.25) is 10.0 Å². The van der Waals surface area contributed by atoms with Crippen molar-refractivity contribution in [2.24, 2.45) is 0 Å². The molecule has 2 aromatic rings. The zero-order valence-corrected chi connectivity index (χ0v) is 16.9. The molecule has 26 heavy (non-hydrogen) atoms. The summed E-state index contributed by atoms with van der Waals surface area (Å²) in [7, 11) is -3.08. The summed E-state index contributed by atoms with van der Waals surface area (Å²) in [6.07, 6.45) is 3.54. The lowest BCUT2D eigenvalue weighted by atomic mass is 10.1. The molecule has 2 heterocycles. The molecule has 1 fully saturated rings. The summed E-state index contributed by atoms with van der Waals surface area (Å²) in [4.78, 5) is 15.4. The van der Waals surface area contributed by atoms with E-state index >= 15 is 0 Å². The van der Waals surface area contributed by atoms with Gasteiger partial charge in [-0.2, -0.15) is 0 Å². The number of hydrogen-bond donors (Lipinski definition) is 0. The maximum Gasteiger partial charge on any atom is 0.247 e. The Kier molecular flexibility index (Phi) is 6.07. The normalized spacial score (nSPS) is 19.1. The quantitative estimate of drug-likeness (QED) is 0.666. The van der Waals surface area contributed by atoms with E-state index in [-0.39, 0.29) is 23.5 Å². The first-order valence-electron chi connectivity index (χ1n) is 8.00. The fourth-order valence-electron chi connectivity index (χ4n) is 2.87. The maximum absolute atomic E-state index is 12.8. The van der Waals surface area contributed by atoms with Gasteiger partial charge in [-0.25, -0.2) is 8.42 Å². The molecular formula is C18H17Cl2NO3S2. The molecule has 1 aromatic heterocycles. The molecular weight excluding hydrogens is 413 g/mol. The van der Waals surface area contributed by atoms with Gasteiger partial charge in [0.2, 0.25) is 5.91 Å². The van der Waals surface area contributed by atoms with Gasteiger partial charge < -0.3 is 4.90 Å². The van der Waals surface area contributed by atoms with Crippen LogP contribution in [-0.4, -0.2) is 36.8 Å². The van der Waals surface area contributed by atoms with Gasteiger partial charge in [0.1, 0.15) is 0 Å². The highest BCUT2D eigenvalue weighted by Gasteiger charge is 2.34. The van der Waals surface area contributed by atoms with Crippen molar-refractivity contribution in [3.05, 3.63) is 62.3 Å². The Morgan fingerprint density at radius 2 is 2.12 bits per heavy atom. The van der Waals surface area contributed by atoms with Crippen LogP contribution >= 0.6 is 34.5 Å². The van der Waals surface area contributed by atoms with Crippen LogP contribution in [-0.2, 0) is 21.2 Å². The Bertz CT molecular complexity index is 924. The van der Waals surface area contributed by atoms with Crippen LogP contribution in [0.15, 0.2) is 41.8 Å². The third kappa shape index (κ3) is 4.88. The number of nitrogens with zero attached hydrogens (tertiary/aromatic N) is 1. The van der Waals surface area contributed by atoms with E-state index in [0.717, 1.165) is 4.88 Å². The minimum atomic E-state index is -3.08. The number of halogens is 2. The van der Waals surface area contributed by atoms with Crippen molar-refractivity contribution in [2.75, 3.05) is 11.5 Å². The molecule has 0 saturated carbocycles. The minimum absolute atomic E-state index is 0.0135. The highest BCUT2D eigenvalue weighted by molar-refractivity contribution is 7.91. The van der Waals surface area contributed by atoms with E-state index in [1.165, 1.54) is 6.08 Å². The number of amides is 1. The maximum atomic E-state index is 12.8. The van der Waals surface area contributed by atoms with Gasteiger partial charge in [0.05, 0.1) is 18.1 Å². The monoisotopic (exact) mass is 429 g/mol. The van der Waals surface area contributed by atoms with Gasteiger partial charge in [0.25, 0.3) is 0 Å². The summed E-state index contributed by atoms with van der Waals surface area (Å²) in [5.41, 5.74) is 0.680. The number of rotatable bonds is 5. The van der Waals surface area contributed by atoms with E-state index < -0.39 is 9.84 Å². The number of thiophene rings is 1. The molecule has 1 aliphatic rings. The second kappa shape index (κ2) is 8.13. The molecule has 0 bridgehead atoms. The smallest absolute Gasteiger partial charge is 0.247 e. The number of carbonyl (C=O) groups is 1. The van der Waals surface area contributed by atoms with Crippen LogP contribution in [0.25, 0.3) is 6.08 Å². The third-order valence-electron chi connectivity index (χ3n) is 4.21. The molecule has 1 saturated heterocycles. The van der Waals surface area contributed by atoms with E-state index in [4.69, 9.17) is 23.2 Å². The lowest BCUT2D eigenvalue weighted by molar-refractivity contribution is -0.128. The summed E-state index contributed by atoms with van der Waals surface area (Å²) in [6, 6.07) is 8.59. The highest BCUT2D eigenvalue weighted by Crippen LogP contribution is 2.24. The van der Waals surface area contributed by atoms with E-state index in [2.05, 4.69) is 0 Å². The number of sulfone groups is 1. The van der Waals surface area contributed by atoms with Crippen molar-refractivity contribution >= 4 is 56.4 Å². The molecule has 3 rings (SSSR count). The number of carbonyl (C=O) groups excluding carboxylic acids is 1. The van der Waals surface area contributed by atoms with E-state index in [1.807, 2.05) is 17.5 Å². The van der Waals surface area contributed by atoms with Crippen molar-refractivity contribution in [1.29, 1.82) is 0 Å². The summed E-state index contributed by atoms with van der Waals surface area (Å²) in [6.45, 7) is 0.398. The van der Waals surface area contributed by atoms with Crippen LogP contribution in [0, 0.1) is 0 Å². The summed E-state index contributed by atoms with van der Waals surface area (Å²) in [5.74, 6) is -0.0929. The zero-order chi connectivity index (χ0) is 18.7. The van der Waals surface area contributed by atoms with Crippen molar-refractivity contribution in [2.45, 2.75) is 19.0 Å². The molecule has 0 radical (unpaired) electrons. The van der Waals surface area contributed by atoms with Crippen LogP contribution < -0.4 is 0 Å². The lowest BCUT2D eigenvalue weighted by Crippen LogP contribution is -2.39. The van der Waals surface area contributed by atoms with Crippen molar-refractivity contribution < 1.29 is 13.2 Å². The largest absolute Gasteiger partial charge is 0.330 e. The summed E-state index contributed by atoms with van der Waals surface area (Å²) >= 11 is 13.6. The van der Waals surface area contributed by atoms with Gasteiger partial charge in [-0.15, -0.1) is 11.3 Å². The zero-order valence-electron chi connectivity index (χ0n) is 13.8. The van der Waals surface area contributed by atoms with E-state index in [9.17, 15) is 13.2 Å². The second-order valence-electron chi connectivity index (χ2n) is 6.10. The molecule has 1 amide bonds. The number of benzene rings is 1. The predicted molar refractivity (Wildman–Crippen MR) is 107 cm³/mol. The average molecular weight is 430 g/mol. The van der Waals surface area contributed by atoms with E-state index in [1.54, 1.807) is 40.5 Å². The SMILES string of the molecule is O=C(/C=C/c1ccc(Cl)cc1Cl)N(Cc1cccs1)C1CCS(=O)(=O)C1. The standard InChI is InChI=1S/C18H17Cl2NO3S2/c19-14-5-3-13(17(20)10-14)4-6-18(22)21(11-16-2-1-8-25-16)15-7-9-26(23,24)12-15/h1-6,8,10,15H,7,9,11-12H2/b6-4+.